The molecule has 1 rings (SSSR count). The number of pyridine rings is 1. The van der Waals surface area contributed by atoms with E-state index in [-0.39, 0.29) is 17.9 Å². The number of nitrogens with one attached hydrogen (secondary N) is 1. The van der Waals surface area contributed by atoms with Gasteiger partial charge in [0.2, 0.25) is 0 Å². The van der Waals surface area contributed by atoms with Crippen LogP contribution in [0.25, 0.3) is 0 Å². The number of rotatable bonds is 2. The number of hydrogen-bond donors (Lipinski definition) is 2. The van der Waals surface area contributed by atoms with Crippen LogP contribution in [0.5, 0.6) is 5.75 Å². The third-order valence-corrected chi connectivity index (χ3v) is 3.10. The maximum absolute atomic E-state index is 11.4. The fourth-order valence-electron chi connectivity index (χ4n) is 1.08. The smallest absolute Gasteiger partial charge is 0.347 e. The van der Waals surface area contributed by atoms with E-state index in [2.05, 4.69) is 9.72 Å². The van der Waals surface area contributed by atoms with Crippen LogP contribution in [-0.2, 0) is 4.74 Å². The molecular weight excluding hydrogens is 313 g/mol. The molecule has 0 unspecified atom stereocenters. The number of carbonyl (C=O) groups is 1. The van der Waals surface area contributed by atoms with Gasteiger partial charge in [0.25, 0.3) is 5.56 Å². The number of aryl methyl sites for hydroxylation is 1. The number of ether oxygens (including phenoxy) is 1. The summed E-state index contributed by atoms with van der Waals surface area (Å²) in [6.45, 7) is 3.42. The monoisotopic (exact) mass is 323 g/mol. The molecule has 0 radical (unpaired) electrons. The lowest BCUT2D eigenvalue weighted by Crippen LogP contribution is -2.21. The number of H-pyrrole nitrogens is 1. The molecule has 0 atom stereocenters. The molecule has 0 bridgehead atoms. The maximum atomic E-state index is 11.4. The SMILES string of the molecule is CCOC(=O)c1c(O)c(I)c(C)[nH]c1=O. The van der Waals surface area contributed by atoms with E-state index in [0.717, 1.165) is 0 Å². The highest BCUT2D eigenvalue weighted by Gasteiger charge is 2.20. The molecule has 1 aromatic rings. The molecule has 0 aliphatic heterocycles. The van der Waals surface area contributed by atoms with Gasteiger partial charge in [-0.25, -0.2) is 4.79 Å². The molecule has 0 saturated heterocycles. The first-order chi connectivity index (χ1) is 6.99. The number of carbonyl (C=O) groups excluding carboxylic acids is 1. The van der Waals surface area contributed by atoms with Crippen LogP contribution in [0.4, 0.5) is 0 Å². The van der Waals surface area contributed by atoms with Gasteiger partial charge in [0, 0.05) is 5.69 Å². The summed E-state index contributed by atoms with van der Waals surface area (Å²) in [6.07, 6.45) is 0. The first kappa shape index (κ1) is 12.0. The molecule has 82 valence electrons. The Bertz CT molecular complexity index is 452. The van der Waals surface area contributed by atoms with Gasteiger partial charge >= 0.3 is 5.97 Å². The van der Waals surface area contributed by atoms with Crippen molar-refractivity contribution < 1.29 is 14.6 Å². The van der Waals surface area contributed by atoms with Crippen molar-refractivity contribution in [2.24, 2.45) is 0 Å². The van der Waals surface area contributed by atoms with Crippen LogP contribution in [0, 0.1) is 10.5 Å². The summed E-state index contributed by atoms with van der Waals surface area (Å²) in [5.74, 6) is -1.13. The highest BCUT2D eigenvalue weighted by molar-refractivity contribution is 14.1. The summed E-state index contributed by atoms with van der Waals surface area (Å²) >= 11 is 1.85. The van der Waals surface area contributed by atoms with Crippen LogP contribution in [0.2, 0.25) is 0 Å². The van der Waals surface area contributed by atoms with Gasteiger partial charge in [-0.2, -0.15) is 0 Å². The first-order valence-corrected chi connectivity index (χ1v) is 5.35. The molecule has 6 heteroatoms. The highest BCUT2D eigenvalue weighted by atomic mass is 127. The lowest BCUT2D eigenvalue weighted by molar-refractivity contribution is 0.0520. The Labute approximate surface area is 99.6 Å². The molecule has 2 N–H and O–H groups in total. The summed E-state index contributed by atoms with van der Waals surface area (Å²) in [5, 5.41) is 9.63. The van der Waals surface area contributed by atoms with E-state index in [1.54, 1.807) is 13.8 Å². The number of aromatic nitrogens is 1. The second-order valence-corrected chi connectivity index (χ2v) is 3.92. The number of esters is 1. The Morgan fingerprint density at radius 2 is 2.20 bits per heavy atom. The second-order valence-electron chi connectivity index (χ2n) is 2.84. The van der Waals surface area contributed by atoms with Crippen LogP contribution in [0.3, 0.4) is 0 Å². The molecule has 0 aliphatic carbocycles. The fraction of sp³-hybridized carbons (Fsp3) is 0.333. The average molecular weight is 323 g/mol. The molecule has 1 aromatic heterocycles. The fourth-order valence-corrected chi connectivity index (χ4v) is 1.48. The Balaban J connectivity index is 3.36. The van der Waals surface area contributed by atoms with Crippen LogP contribution < -0.4 is 5.56 Å². The minimum Gasteiger partial charge on any atom is -0.506 e. The molecule has 0 amide bonds. The van der Waals surface area contributed by atoms with Gasteiger partial charge in [0.1, 0.15) is 0 Å². The molecule has 15 heavy (non-hydrogen) atoms. The highest BCUT2D eigenvalue weighted by Crippen LogP contribution is 2.23. The van der Waals surface area contributed by atoms with Gasteiger partial charge < -0.3 is 14.8 Å². The zero-order valence-corrected chi connectivity index (χ0v) is 10.4. The third kappa shape index (κ3) is 2.31. The van der Waals surface area contributed by atoms with Gasteiger partial charge in [0.15, 0.2) is 11.3 Å². The number of aromatic hydroxyl groups is 1. The van der Waals surface area contributed by atoms with Crippen molar-refractivity contribution in [3.8, 4) is 5.75 Å². The van der Waals surface area contributed by atoms with Crippen molar-refractivity contribution in [1.29, 1.82) is 0 Å². The van der Waals surface area contributed by atoms with Crippen LogP contribution in [0.15, 0.2) is 4.79 Å². The van der Waals surface area contributed by atoms with Crippen molar-refractivity contribution in [2.45, 2.75) is 13.8 Å². The van der Waals surface area contributed by atoms with Gasteiger partial charge in [-0.05, 0) is 36.4 Å². The standard InChI is InChI=1S/C9H10INO4/c1-3-15-9(14)5-7(12)6(10)4(2)11-8(5)13/h3H2,1-2H3,(H2,11,12,13). The number of aromatic amines is 1. The molecule has 0 fully saturated rings. The molecule has 0 spiro atoms. The quantitative estimate of drug-likeness (QED) is 0.633. The lowest BCUT2D eigenvalue weighted by atomic mass is 10.2. The Morgan fingerprint density at radius 3 is 2.73 bits per heavy atom. The van der Waals surface area contributed by atoms with E-state index in [9.17, 15) is 14.7 Å². The minimum absolute atomic E-state index is 0.155. The van der Waals surface area contributed by atoms with Crippen molar-refractivity contribution in [1.82, 2.24) is 4.98 Å². The van der Waals surface area contributed by atoms with E-state index in [1.807, 2.05) is 22.6 Å². The van der Waals surface area contributed by atoms with Crippen LogP contribution in [0.1, 0.15) is 23.0 Å². The lowest BCUT2D eigenvalue weighted by Gasteiger charge is -2.06. The van der Waals surface area contributed by atoms with Gasteiger partial charge in [0.05, 0.1) is 10.2 Å². The zero-order chi connectivity index (χ0) is 11.6. The van der Waals surface area contributed by atoms with Crippen molar-refractivity contribution in [2.75, 3.05) is 6.61 Å². The normalized spacial score (nSPS) is 10.1. The third-order valence-electron chi connectivity index (χ3n) is 1.78. The summed E-state index contributed by atoms with van der Waals surface area (Å²) in [5.41, 5.74) is -0.457. The average Bonchev–Trinajstić information content (AvgIpc) is 2.15. The molecular formula is C9H10INO4. The Hall–Kier alpha value is -1.05. The molecule has 0 aromatic carbocycles. The summed E-state index contributed by atoms with van der Waals surface area (Å²) in [6, 6.07) is 0. The van der Waals surface area contributed by atoms with Crippen molar-refractivity contribution in [3.05, 3.63) is 25.2 Å². The minimum atomic E-state index is -0.811. The molecule has 0 aliphatic rings. The number of halogens is 1. The van der Waals surface area contributed by atoms with Gasteiger partial charge in [-0.3, -0.25) is 4.79 Å². The number of hydrogen-bond acceptors (Lipinski definition) is 4. The van der Waals surface area contributed by atoms with E-state index in [1.165, 1.54) is 0 Å². The van der Waals surface area contributed by atoms with Crippen molar-refractivity contribution >= 4 is 28.6 Å². The summed E-state index contributed by atoms with van der Waals surface area (Å²) < 4.78 is 5.10. The van der Waals surface area contributed by atoms with E-state index in [0.29, 0.717) is 9.26 Å². The molecule has 1 heterocycles. The predicted molar refractivity (Wildman–Crippen MR) is 62.1 cm³/mol. The zero-order valence-electron chi connectivity index (χ0n) is 8.26. The Morgan fingerprint density at radius 1 is 1.60 bits per heavy atom. The van der Waals surface area contributed by atoms with Gasteiger partial charge in [-0.1, -0.05) is 0 Å². The van der Waals surface area contributed by atoms with E-state index < -0.39 is 11.5 Å². The van der Waals surface area contributed by atoms with Crippen LogP contribution in [-0.4, -0.2) is 22.7 Å². The largest absolute Gasteiger partial charge is 0.506 e. The predicted octanol–water partition coefficient (Wildman–Crippen LogP) is 1.17. The maximum Gasteiger partial charge on any atom is 0.347 e. The summed E-state index contributed by atoms with van der Waals surface area (Å²) in [4.78, 5) is 25.2. The molecule has 5 nitrogen and oxygen atoms in total. The van der Waals surface area contributed by atoms with E-state index in [4.69, 9.17) is 0 Å². The van der Waals surface area contributed by atoms with Gasteiger partial charge in [-0.15, -0.1) is 0 Å². The molecule has 0 saturated carbocycles. The van der Waals surface area contributed by atoms with Crippen molar-refractivity contribution in [3.63, 3.8) is 0 Å². The first-order valence-electron chi connectivity index (χ1n) is 4.27. The van der Waals surface area contributed by atoms with E-state index >= 15 is 0 Å². The van der Waals surface area contributed by atoms with Crippen LogP contribution >= 0.6 is 22.6 Å². The summed E-state index contributed by atoms with van der Waals surface area (Å²) in [7, 11) is 0. The topological polar surface area (TPSA) is 79.4 Å². The second kappa shape index (κ2) is 4.65. The Kier molecular flexibility index (Phi) is 3.72.